The van der Waals surface area contributed by atoms with Crippen molar-refractivity contribution in [3.05, 3.63) is 33.6 Å². The number of aldehydes is 1. The number of methoxy groups -OCH3 is 1. The van der Waals surface area contributed by atoms with Crippen LogP contribution < -0.4 is 4.74 Å². The number of hydrogen-bond acceptors (Lipinski definition) is 4. The van der Waals surface area contributed by atoms with Gasteiger partial charge in [0.05, 0.1) is 12.8 Å². The molecule has 0 saturated carbocycles. The zero-order chi connectivity index (χ0) is 13.1. The first kappa shape index (κ1) is 12.8. The van der Waals surface area contributed by atoms with Gasteiger partial charge in [0.25, 0.3) is 0 Å². The highest BCUT2D eigenvalue weighted by atomic mass is 32.1. The smallest absolute Gasteiger partial charge is 0.178 e. The van der Waals surface area contributed by atoms with Crippen molar-refractivity contribution in [1.29, 1.82) is 0 Å². The van der Waals surface area contributed by atoms with Crippen LogP contribution in [-0.4, -0.2) is 18.4 Å². The van der Waals surface area contributed by atoms with Crippen LogP contribution in [0.15, 0.2) is 18.2 Å². The van der Waals surface area contributed by atoms with Crippen LogP contribution in [-0.2, 0) is 6.42 Å². The Bertz CT molecular complexity index is 575. The number of benzene rings is 1. The molecule has 94 valence electrons. The first-order chi connectivity index (χ1) is 8.69. The molecule has 18 heavy (non-hydrogen) atoms. The molecule has 0 bridgehead atoms. The lowest BCUT2D eigenvalue weighted by Gasteiger charge is -2.08. The van der Waals surface area contributed by atoms with Gasteiger partial charge in [-0.25, -0.2) is 4.98 Å². The topological polar surface area (TPSA) is 39.2 Å². The number of aryl methyl sites for hydroxylation is 2. The van der Waals surface area contributed by atoms with Crippen molar-refractivity contribution in [2.45, 2.75) is 20.3 Å². The van der Waals surface area contributed by atoms with E-state index in [4.69, 9.17) is 4.74 Å². The molecule has 1 aromatic carbocycles. The van der Waals surface area contributed by atoms with Crippen molar-refractivity contribution in [1.82, 2.24) is 4.98 Å². The molecule has 0 amide bonds. The Kier molecular flexibility index (Phi) is 3.77. The Morgan fingerprint density at radius 3 is 2.78 bits per heavy atom. The average molecular weight is 261 g/mol. The summed E-state index contributed by atoms with van der Waals surface area (Å²) in [6.45, 7) is 4.07. The van der Waals surface area contributed by atoms with E-state index in [-0.39, 0.29) is 0 Å². The Hall–Kier alpha value is -1.68. The molecular weight excluding hydrogens is 246 g/mol. The molecular formula is C14H15NO2S. The number of thiazole rings is 1. The highest BCUT2D eigenvalue weighted by Gasteiger charge is 2.11. The summed E-state index contributed by atoms with van der Waals surface area (Å²) < 4.78 is 5.31. The second kappa shape index (κ2) is 5.31. The third kappa shape index (κ3) is 2.29. The predicted octanol–water partition coefficient (Wildman–Crippen LogP) is 3.50. The van der Waals surface area contributed by atoms with Crippen LogP contribution in [0.5, 0.6) is 5.75 Å². The maximum absolute atomic E-state index is 10.8. The van der Waals surface area contributed by atoms with Gasteiger partial charge in [0.15, 0.2) is 11.3 Å². The van der Waals surface area contributed by atoms with Gasteiger partial charge in [-0.05, 0) is 37.1 Å². The van der Waals surface area contributed by atoms with Crippen LogP contribution >= 0.6 is 11.3 Å². The fraction of sp³-hybridized carbons (Fsp3) is 0.286. The molecule has 4 heteroatoms. The highest BCUT2D eigenvalue weighted by molar-refractivity contribution is 7.13. The number of aromatic nitrogens is 1. The van der Waals surface area contributed by atoms with Crippen molar-refractivity contribution in [3.63, 3.8) is 0 Å². The summed E-state index contributed by atoms with van der Waals surface area (Å²) in [5.74, 6) is 0.893. The van der Waals surface area contributed by atoms with E-state index in [1.54, 1.807) is 7.11 Å². The van der Waals surface area contributed by atoms with Crippen molar-refractivity contribution in [2.75, 3.05) is 7.11 Å². The third-order valence-corrected chi connectivity index (χ3v) is 3.74. The molecule has 2 aromatic rings. The van der Waals surface area contributed by atoms with Crippen LogP contribution in [0.1, 0.15) is 27.2 Å². The average Bonchev–Trinajstić information content (AvgIpc) is 2.79. The van der Waals surface area contributed by atoms with E-state index in [0.29, 0.717) is 5.01 Å². The monoisotopic (exact) mass is 261 g/mol. The van der Waals surface area contributed by atoms with Gasteiger partial charge in [-0.2, -0.15) is 0 Å². The molecule has 1 aromatic heterocycles. The summed E-state index contributed by atoms with van der Waals surface area (Å²) in [4.78, 5) is 16.2. The van der Waals surface area contributed by atoms with Crippen molar-refractivity contribution in [3.8, 4) is 17.0 Å². The minimum atomic E-state index is 0.524. The van der Waals surface area contributed by atoms with Crippen LogP contribution in [0.25, 0.3) is 11.3 Å². The highest BCUT2D eigenvalue weighted by Crippen LogP contribution is 2.30. The molecule has 0 aliphatic carbocycles. The van der Waals surface area contributed by atoms with Gasteiger partial charge in [0.2, 0.25) is 0 Å². The molecule has 0 radical (unpaired) electrons. The summed E-state index contributed by atoms with van der Waals surface area (Å²) >= 11 is 1.42. The lowest BCUT2D eigenvalue weighted by atomic mass is 10.0. The minimum Gasteiger partial charge on any atom is -0.496 e. The van der Waals surface area contributed by atoms with Crippen molar-refractivity contribution >= 4 is 17.6 Å². The molecule has 0 unspecified atom stereocenters. The van der Waals surface area contributed by atoms with Crippen LogP contribution in [0.4, 0.5) is 0 Å². The number of carbonyl (C=O) groups is 1. The summed E-state index contributed by atoms with van der Waals surface area (Å²) in [5.41, 5.74) is 3.07. The molecule has 0 aliphatic heterocycles. The number of rotatable bonds is 4. The van der Waals surface area contributed by atoms with E-state index in [1.807, 2.05) is 19.1 Å². The minimum absolute atomic E-state index is 0.524. The van der Waals surface area contributed by atoms with E-state index in [2.05, 4.69) is 18.0 Å². The number of hydrogen-bond donors (Lipinski definition) is 0. The van der Waals surface area contributed by atoms with Crippen molar-refractivity contribution < 1.29 is 9.53 Å². The molecule has 0 saturated heterocycles. The maximum atomic E-state index is 10.8. The van der Waals surface area contributed by atoms with Crippen LogP contribution in [0, 0.1) is 6.92 Å². The number of nitrogens with zero attached hydrogens (tertiary/aromatic N) is 1. The van der Waals surface area contributed by atoms with Gasteiger partial charge in [-0.3, -0.25) is 4.79 Å². The summed E-state index contributed by atoms with van der Waals surface area (Å²) in [5, 5.41) is 0.524. The molecule has 1 heterocycles. The normalized spacial score (nSPS) is 10.4. The van der Waals surface area contributed by atoms with Gasteiger partial charge in [0, 0.05) is 10.4 Å². The fourth-order valence-corrected chi connectivity index (χ4v) is 2.70. The molecule has 3 nitrogen and oxygen atoms in total. The quantitative estimate of drug-likeness (QED) is 0.791. The Morgan fingerprint density at radius 2 is 2.22 bits per heavy atom. The van der Waals surface area contributed by atoms with E-state index in [0.717, 1.165) is 40.2 Å². The van der Waals surface area contributed by atoms with Gasteiger partial charge >= 0.3 is 0 Å². The van der Waals surface area contributed by atoms with E-state index < -0.39 is 0 Å². The van der Waals surface area contributed by atoms with Gasteiger partial charge in [-0.15, -0.1) is 11.3 Å². The summed E-state index contributed by atoms with van der Waals surface area (Å²) in [6, 6.07) is 6.01. The van der Waals surface area contributed by atoms with Gasteiger partial charge in [-0.1, -0.05) is 6.92 Å². The molecule has 2 rings (SSSR count). The molecule has 0 aliphatic rings. The second-order valence-corrected chi connectivity index (χ2v) is 5.19. The number of ether oxygens (including phenoxy) is 1. The van der Waals surface area contributed by atoms with Crippen LogP contribution in [0.3, 0.4) is 0 Å². The Labute approximate surface area is 110 Å². The second-order valence-electron chi connectivity index (χ2n) is 3.95. The van der Waals surface area contributed by atoms with Crippen molar-refractivity contribution in [2.24, 2.45) is 0 Å². The van der Waals surface area contributed by atoms with E-state index in [1.165, 1.54) is 11.3 Å². The lowest BCUT2D eigenvalue weighted by Crippen LogP contribution is -1.92. The summed E-state index contributed by atoms with van der Waals surface area (Å²) in [7, 11) is 1.67. The third-order valence-electron chi connectivity index (χ3n) is 2.85. The van der Waals surface area contributed by atoms with Crippen LogP contribution in [0.2, 0.25) is 0 Å². The molecule has 0 atom stereocenters. The first-order valence-corrected chi connectivity index (χ1v) is 6.61. The maximum Gasteiger partial charge on any atom is 0.178 e. The zero-order valence-corrected chi connectivity index (χ0v) is 11.5. The standard InChI is InChI=1S/C14H15NO2S/c1-4-10-7-11(5-6-12(10)17-3)14-9(2)18-13(8-16)15-14/h5-8H,4H2,1-3H3. The van der Waals surface area contributed by atoms with Gasteiger partial charge in [0.1, 0.15) is 5.75 Å². The lowest BCUT2D eigenvalue weighted by molar-refractivity contribution is 0.112. The number of carbonyl (C=O) groups excluding carboxylic acids is 1. The molecule has 0 fully saturated rings. The summed E-state index contributed by atoms with van der Waals surface area (Å²) in [6.07, 6.45) is 1.70. The van der Waals surface area contributed by atoms with E-state index >= 15 is 0 Å². The largest absolute Gasteiger partial charge is 0.496 e. The predicted molar refractivity (Wildman–Crippen MR) is 73.6 cm³/mol. The first-order valence-electron chi connectivity index (χ1n) is 5.79. The fourth-order valence-electron chi connectivity index (χ4n) is 1.94. The Balaban J connectivity index is 2.50. The zero-order valence-electron chi connectivity index (χ0n) is 10.7. The SMILES string of the molecule is CCc1cc(-c2nc(C=O)sc2C)ccc1OC. The molecule has 0 N–H and O–H groups in total. The van der Waals surface area contributed by atoms with E-state index in [9.17, 15) is 4.79 Å². The molecule has 0 spiro atoms. The Morgan fingerprint density at radius 1 is 1.44 bits per heavy atom. The van der Waals surface area contributed by atoms with Gasteiger partial charge < -0.3 is 4.74 Å².